The number of carbonyl (C=O) groups is 1. The molecule has 0 aliphatic heterocycles. The Morgan fingerprint density at radius 2 is 2.00 bits per heavy atom. The summed E-state index contributed by atoms with van der Waals surface area (Å²) in [5.74, 6) is 0.369. The molecule has 0 saturated carbocycles. The monoisotopic (exact) mass is 343 g/mol. The highest BCUT2D eigenvalue weighted by molar-refractivity contribution is 7.16. The fourth-order valence-corrected chi connectivity index (χ4v) is 2.98. The van der Waals surface area contributed by atoms with Gasteiger partial charge in [-0.05, 0) is 42.6 Å². The van der Waals surface area contributed by atoms with E-state index in [1.165, 1.54) is 17.5 Å². The molecule has 1 aromatic carbocycles. The molecule has 2 aromatic heterocycles. The van der Waals surface area contributed by atoms with Crippen molar-refractivity contribution in [2.75, 3.05) is 24.6 Å². The van der Waals surface area contributed by atoms with Gasteiger partial charge in [0.2, 0.25) is 0 Å². The van der Waals surface area contributed by atoms with Gasteiger partial charge in [-0.25, -0.2) is 9.78 Å². The van der Waals surface area contributed by atoms with Crippen molar-refractivity contribution in [2.45, 2.75) is 6.92 Å². The first-order valence-corrected chi connectivity index (χ1v) is 8.30. The molecule has 2 N–H and O–H groups in total. The minimum atomic E-state index is -0.405. The highest BCUT2D eigenvalue weighted by Gasteiger charge is 2.17. The molecule has 0 bridgehead atoms. The van der Waals surface area contributed by atoms with E-state index >= 15 is 0 Å². The number of thiophene rings is 1. The van der Waals surface area contributed by atoms with Crippen LogP contribution in [0.2, 0.25) is 0 Å². The molecule has 2 heterocycles. The zero-order valence-electron chi connectivity index (χ0n) is 13.3. The first-order chi connectivity index (χ1) is 11.7. The smallest absolute Gasteiger partial charge is 0.341 e. The van der Waals surface area contributed by atoms with Crippen LogP contribution >= 0.6 is 11.3 Å². The lowest BCUT2D eigenvalue weighted by Crippen LogP contribution is -2.15. The summed E-state index contributed by atoms with van der Waals surface area (Å²) >= 11 is 1.51. The van der Waals surface area contributed by atoms with Crippen LogP contribution < -0.4 is 15.6 Å². The number of ether oxygens (including phenoxy) is 2. The fraction of sp³-hybridized carbons (Fsp3) is 0.176. The lowest BCUT2D eigenvalue weighted by Gasteiger charge is -2.14. The van der Waals surface area contributed by atoms with Gasteiger partial charge >= 0.3 is 5.97 Å². The Morgan fingerprint density at radius 3 is 2.71 bits per heavy atom. The molecule has 124 valence electrons. The summed E-state index contributed by atoms with van der Waals surface area (Å²) in [5.41, 5.74) is 8.09. The quantitative estimate of drug-likeness (QED) is 0.522. The van der Waals surface area contributed by atoms with E-state index < -0.39 is 5.97 Å². The highest BCUT2D eigenvalue weighted by Crippen LogP contribution is 2.30. The summed E-state index contributed by atoms with van der Waals surface area (Å²) < 4.78 is 10.3. The van der Waals surface area contributed by atoms with Crippen molar-refractivity contribution < 1.29 is 14.3 Å². The van der Waals surface area contributed by atoms with Gasteiger partial charge in [0.05, 0.1) is 25.1 Å². The molecule has 24 heavy (non-hydrogen) atoms. The zero-order valence-corrected chi connectivity index (χ0v) is 14.1. The fourth-order valence-electron chi connectivity index (χ4n) is 2.23. The molecular formula is C17H17N3O3S. The first kappa shape index (κ1) is 16.1. The van der Waals surface area contributed by atoms with Gasteiger partial charge in [-0.2, -0.15) is 0 Å². The van der Waals surface area contributed by atoms with Gasteiger partial charge in [0.15, 0.2) is 0 Å². The van der Waals surface area contributed by atoms with Gasteiger partial charge in [0.1, 0.15) is 16.1 Å². The van der Waals surface area contributed by atoms with Gasteiger partial charge < -0.3 is 14.9 Å². The number of hydrazine groups is 1. The van der Waals surface area contributed by atoms with E-state index in [2.05, 4.69) is 15.8 Å². The topological polar surface area (TPSA) is 72.5 Å². The number of hydrogen-bond acceptors (Lipinski definition) is 7. The summed E-state index contributed by atoms with van der Waals surface area (Å²) in [6, 6.07) is 9.38. The molecule has 3 rings (SSSR count). The van der Waals surface area contributed by atoms with Crippen molar-refractivity contribution in [3.8, 4) is 5.75 Å². The van der Waals surface area contributed by atoms with Crippen LogP contribution in [0, 0.1) is 0 Å². The Hall–Kier alpha value is -2.80. The number of aromatic nitrogens is 1. The molecule has 3 aromatic rings. The summed E-state index contributed by atoms with van der Waals surface area (Å²) in [7, 11) is 1.62. The van der Waals surface area contributed by atoms with E-state index in [1.54, 1.807) is 14.0 Å². The van der Waals surface area contributed by atoms with Crippen LogP contribution in [0.4, 0.5) is 11.4 Å². The Balaban J connectivity index is 1.89. The molecule has 0 fully saturated rings. The molecule has 0 saturated heterocycles. The molecule has 0 atom stereocenters. The Morgan fingerprint density at radius 1 is 1.21 bits per heavy atom. The number of hydrogen-bond donors (Lipinski definition) is 2. The van der Waals surface area contributed by atoms with Crippen molar-refractivity contribution >= 4 is 38.9 Å². The number of rotatable bonds is 6. The van der Waals surface area contributed by atoms with Gasteiger partial charge in [-0.15, -0.1) is 11.3 Å². The number of fused-ring (bicyclic) bond motifs is 1. The van der Waals surface area contributed by atoms with Gasteiger partial charge in [-0.3, -0.25) is 5.43 Å². The maximum Gasteiger partial charge on any atom is 0.341 e. The number of carbonyl (C=O) groups excluding carboxylic acids is 1. The van der Waals surface area contributed by atoms with Crippen molar-refractivity contribution in [1.29, 1.82) is 0 Å². The molecule has 0 spiro atoms. The second kappa shape index (κ2) is 7.18. The predicted molar refractivity (Wildman–Crippen MR) is 95.8 cm³/mol. The minimum Gasteiger partial charge on any atom is -0.497 e. The van der Waals surface area contributed by atoms with E-state index in [9.17, 15) is 4.79 Å². The van der Waals surface area contributed by atoms with E-state index in [4.69, 9.17) is 9.47 Å². The molecule has 6 nitrogen and oxygen atoms in total. The average Bonchev–Trinajstić information content (AvgIpc) is 3.09. The van der Waals surface area contributed by atoms with Crippen LogP contribution in [0.25, 0.3) is 10.2 Å². The third-order valence-electron chi connectivity index (χ3n) is 3.41. The van der Waals surface area contributed by atoms with E-state index in [0.717, 1.165) is 21.7 Å². The standard InChI is InChI=1S/C17H17N3O3S/c1-3-23-17(21)14-10-18-16-13(8-9-24-16)15(14)20-19-11-4-6-12(22-2)7-5-11/h4-10,19H,3H2,1-2H3,(H,18,20). The molecule has 0 aliphatic carbocycles. The first-order valence-electron chi connectivity index (χ1n) is 7.42. The third kappa shape index (κ3) is 3.26. The van der Waals surface area contributed by atoms with Crippen LogP contribution in [0.3, 0.4) is 0 Å². The number of nitrogens with zero attached hydrogens (tertiary/aromatic N) is 1. The van der Waals surface area contributed by atoms with Crippen LogP contribution in [0.5, 0.6) is 5.75 Å². The summed E-state index contributed by atoms with van der Waals surface area (Å²) in [6.45, 7) is 2.09. The second-order valence-electron chi connectivity index (χ2n) is 4.89. The molecule has 0 unspecified atom stereocenters. The van der Waals surface area contributed by atoms with Gasteiger partial charge in [0.25, 0.3) is 0 Å². The zero-order chi connectivity index (χ0) is 16.9. The lowest BCUT2D eigenvalue weighted by molar-refractivity contribution is 0.0527. The Labute approximate surface area is 143 Å². The number of benzene rings is 1. The maximum absolute atomic E-state index is 12.2. The number of anilines is 2. The van der Waals surface area contributed by atoms with E-state index in [0.29, 0.717) is 17.9 Å². The highest BCUT2D eigenvalue weighted by atomic mass is 32.1. The average molecular weight is 343 g/mol. The van der Waals surface area contributed by atoms with Crippen LogP contribution in [-0.4, -0.2) is 24.7 Å². The third-order valence-corrected chi connectivity index (χ3v) is 4.23. The number of esters is 1. The van der Waals surface area contributed by atoms with Gasteiger partial charge in [-0.1, -0.05) is 0 Å². The van der Waals surface area contributed by atoms with Crippen molar-refractivity contribution in [1.82, 2.24) is 4.98 Å². The maximum atomic E-state index is 12.2. The largest absolute Gasteiger partial charge is 0.497 e. The molecule has 0 radical (unpaired) electrons. The Kier molecular flexibility index (Phi) is 4.81. The molecule has 0 aliphatic rings. The van der Waals surface area contributed by atoms with E-state index in [1.807, 2.05) is 35.7 Å². The molecule has 0 amide bonds. The molecule has 7 heteroatoms. The van der Waals surface area contributed by atoms with Crippen LogP contribution in [0.15, 0.2) is 41.9 Å². The van der Waals surface area contributed by atoms with Crippen LogP contribution in [0.1, 0.15) is 17.3 Å². The number of methoxy groups -OCH3 is 1. The molecular weight excluding hydrogens is 326 g/mol. The summed E-state index contributed by atoms with van der Waals surface area (Å²) in [4.78, 5) is 17.3. The van der Waals surface area contributed by atoms with Crippen molar-refractivity contribution in [3.63, 3.8) is 0 Å². The van der Waals surface area contributed by atoms with Crippen LogP contribution in [-0.2, 0) is 4.74 Å². The van der Waals surface area contributed by atoms with Crippen molar-refractivity contribution in [3.05, 3.63) is 47.5 Å². The van der Waals surface area contributed by atoms with Gasteiger partial charge in [0, 0.05) is 11.6 Å². The SMILES string of the molecule is CCOC(=O)c1cnc2sccc2c1NNc1ccc(OC)cc1. The second-order valence-corrected chi connectivity index (χ2v) is 5.78. The Bertz CT molecular complexity index is 846. The summed E-state index contributed by atoms with van der Waals surface area (Å²) in [5, 5.41) is 2.80. The minimum absolute atomic E-state index is 0.311. The lowest BCUT2D eigenvalue weighted by atomic mass is 10.2. The van der Waals surface area contributed by atoms with E-state index in [-0.39, 0.29) is 0 Å². The summed E-state index contributed by atoms with van der Waals surface area (Å²) in [6.07, 6.45) is 1.54. The predicted octanol–water partition coefficient (Wildman–Crippen LogP) is 3.92. The van der Waals surface area contributed by atoms with Crippen molar-refractivity contribution in [2.24, 2.45) is 0 Å². The number of pyridine rings is 1. The number of nitrogens with one attached hydrogen (secondary N) is 2. The normalized spacial score (nSPS) is 10.4.